The number of rotatable bonds is 8. The number of carbonyl (C=O) groups is 1. The predicted octanol–water partition coefficient (Wildman–Crippen LogP) is 5.01. The Bertz CT molecular complexity index is 758. The molecule has 4 heteroatoms. The van der Waals surface area contributed by atoms with E-state index in [0.29, 0.717) is 5.56 Å². The van der Waals surface area contributed by atoms with Crippen LogP contribution in [-0.4, -0.2) is 41.9 Å². The Morgan fingerprint density at radius 2 is 1.55 bits per heavy atom. The second kappa shape index (κ2) is 10.6. The first-order chi connectivity index (χ1) is 14.1. The van der Waals surface area contributed by atoms with E-state index >= 15 is 0 Å². The molecule has 1 aliphatic heterocycles. The number of hydrogen-bond acceptors (Lipinski definition) is 3. The van der Waals surface area contributed by atoms with Crippen LogP contribution in [0.5, 0.6) is 0 Å². The van der Waals surface area contributed by atoms with E-state index in [9.17, 15) is 4.79 Å². The van der Waals surface area contributed by atoms with Crippen LogP contribution in [0.1, 0.15) is 55.1 Å². The minimum atomic E-state index is -0.0557. The molecule has 1 N–H and O–H groups in total. The van der Waals surface area contributed by atoms with Gasteiger partial charge in [-0.1, -0.05) is 45.0 Å². The molecule has 1 fully saturated rings. The van der Waals surface area contributed by atoms with Crippen LogP contribution in [-0.2, 0) is 13.1 Å². The first kappa shape index (κ1) is 21.5. The average Bonchev–Trinajstić information content (AvgIpc) is 2.75. The molecule has 0 atom stereocenters. The van der Waals surface area contributed by atoms with Gasteiger partial charge in [-0.25, -0.2) is 0 Å². The molecule has 0 bridgehead atoms. The molecule has 156 valence electrons. The molecular weight excluding hydrogens is 358 g/mol. The average molecular weight is 394 g/mol. The summed E-state index contributed by atoms with van der Waals surface area (Å²) in [4.78, 5) is 17.5. The summed E-state index contributed by atoms with van der Waals surface area (Å²) >= 11 is 0. The number of carbonyl (C=O) groups excluding carboxylic acids is 1. The highest BCUT2D eigenvalue weighted by Crippen LogP contribution is 2.19. The molecular formula is C25H35N3O. The Kier molecular flexibility index (Phi) is 7.84. The molecule has 4 nitrogen and oxygen atoms in total. The van der Waals surface area contributed by atoms with Crippen molar-refractivity contribution < 1.29 is 4.79 Å². The van der Waals surface area contributed by atoms with Gasteiger partial charge in [0.15, 0.2) is 0 Å². The van der Waals surface area contributed by atoms with Gasteiger partial charge < -0.3 is 5.32 Å². The molecule has 0 aromatic heterocycles. The molecule has 1 aliphatic rings. The van der Waals surface area contributed by atoms with Crippen molar-refractivity contribution >= 4 is 11.6 Å². The van der Waals surface area contributed by atoms with E-state index < -0.39 is 0 Å². The van der Waals surface area contributed by atoms with Crippen molar-refractivity contribution in [3.63, 3.8) is 0 Å². The van der Waals surface area contributed by atoms with Crippen molar-refractivity contribution in [1.29, 1.82) is 0 Å². The van der Waals surface area contributed by atoms with Crippen molar-refractivity contribution in [3.8, 4) is 0 Å². The van der Waals surface area contributed by atoms with Crippen molar-refractivity contribution in [3.05, 3.63) is 65.2 Å². The van der Waals surface area contributed by atoms with Gasteiger partial charge in [0.1, 0.15) is 0 Å². The van der Waals surface area contributed by atoms with Crippen LogP contribution in [0.4, 0.5) is 5.69 Å². The normalized spacial score (nSPS) is 15.6. The first-order valence-corrected chi connectivity index (χ1v) is 11.0. The maximum absolute atomic E-state index is 12.6. The Morgan fingerprint density at radius 3 is 2.14 bits per heavy atom. The zero-order valence-corrected chi connectivity index (χ0v) is 18.2. The Labute approximate surface area is 175 Å². The lowest BCUT2D eigenvalue weighted by Gasteiger charge is -2.30. The Hall–Kier alpha value is -2.17. The largest absolute Gasteiger partial charge is 0.322 e. The number of amides is 1. The van der Waals surface area contributed by atoms with E-state index in [1.165, 1.54) is 37.1 Å². The summed E-state index contributed by atoms with van der Waals surface area (Å²) in [6.45, 7) is 13.0. The van der Waals surface area contributed by atoms with E-state index in [-0.39, 0.29) is 5.91 Å². The highest BCUT2D eigenvalue weighted by atomic mass is 16.1. The van der Waals surface area contributed by atoms with Gasteiger partial charge in [0, 0.05) is 24.3 Å². The Morgan fingerprint density at radius 1 is 0.966 bits per heavy atom. The van der Waals surface area contributed by atoms with Crippen LogP contribution in [0.2, 0.25) is 0 Å². The molecule has 2 aromatic carbocycles. The van der Waals surface area contributed by atoms with Gasteiger partial charge in [-0.05, 0) is 80.3 Å². The zero-order valence-electron chi connectivity index (χ0n) is 18.2. The van der Waals surface area contributed by atoms with Crippen LogP contribution in [0.15, 0.2) is 48.5 Å². The number of likely N-dealkylation sites (tertiary alicyclic amines) is 1. The SMILES string of the molecule is CCN(CC)Cc1ccc(NC(=O)c2ccc(CN3CCC(C)CC3)cc2)cc1. The fourth-order valence-electron chi connectivity index (χ4n) is 3.84. The van der Waals surface area contributed by atoms with Crippen LogP contribution in [0.25, 0.3) is 0 Å². The summed E-state index contributed by atoms with van der Waals surface area (Å²) in [7, 11) is 0. The standard InChI is InChI=1S/C25H35N3O/c1-4-27(5-2)18-22-8-12-24(13-9-22)26-25(29)23-10-6-21(7-11-23)19-28-16-14-20(3)15-17-28/h6-13,20H,4-5,14-19H2,1-3H3,(H,26,29). The molecule has 0 aliphatic carbocycles. The predicted molar refractivity (Wildman–Crippen MR) is 121 cm³/mol. The zero-order chi connectivity index (χ0) is 20.6. The molecule has 29 heavy (non-hydrogen) atoms. The van der Waals surface area contributed by atoms with E-state index in [1.54, 1.807) is 0 Å². The van der Waals surface area contributed by atoms with Crippen LogP contribution in [0, 0.1) is 5.92 Å². The van der Waals surface area contributed by atoms with Gasteiger partial charge in [0.05, 0.1) is 0 Å². The van der Waals surface area contributed by atoms with Crippen molar-refractivity contribution in [2.75, 3.05) is 31.5 Å². The van der Waals surface area contributed by atoms with Gasteiger partial charge in [0.25, 0.3) is 5.91 Å². The third-order valence-electron chi connectivity index (χ3n) is 6.01. The van der Waals surface area contributed by atoms with Gasteiger partial charge in [0.2, 0.25) is 0 Å². The fraction of sp³-hybridized carbons (Fsp3) is 0.480. The second-order valence-electron chi connectivity index (χ2n) is 8.27. The third-order valence-corrected chi connectivity index (χ3v) is 6.01. The molecule has 0 spiro atoms. The molecule has 1 saturated heterocycles. The second-order valence-corrected chi connectivity index (χ2v) is 8.27. The molecule has 1 heterocycles. The van der Waals surface area contributed by atoms with Crippen molar-refractivity contribution in [1.82, 2.24) is 9.80 Å². The summed E-state index contributed by atoms with van der Waals surface area (Å²) in [5.41, 5.74) is 4.08. The lowest BCUT2D eigenvalue weighted by Crippen LogP contribution is -2.32. The smallest absolute Gasteiger partial charge is 0.255 e. The lowest BCUT2D eigenvalue weighted by atomic mass is 9.99. The monoisotopic (exact) mass is 393 g/mol. The van der Waals surface area contributed by atoms with Gasteiger partial charge in [-0.2, -0.15) is 0 Å². The van der Waals surface area contributed by atoms with E-state index in [0.717, 1.165) is 37.8 Å². The van der Waals surface area contributed by atoms with E-state index in [1.807, 2.05) is 24.3 Å². The molecule has 3 rings (SSSR count). The highest BCUT2D eigenvalue weighted by molar-refractivity contribution is 6.04. The van der Waals surface area contributed by atoms with Gasteiger partial charge in [-0.15, -0.1) is 0 Å². The number of hydrogen-bond donors (Lipinski definition) is 1. The first-order valence-electron chi connectivity index (χ1n) is 11.0. The third kappa shape index (κ3) is 6.41. The van der Waals surface area contributed by atoms with E-state index in [2.05, 4.69) is 60.2 Å². The van der Waals surface area contributed by atoms with Crippen LogP contribution >= 0.6 is 0 Å². The molecule has 1 amide bonds. The number of piperidine rings is 1. The lowest BCUT2D eigenvalue weighted by molar-refractivity contribution is 0.102. The fourth-order valence-corrected chi connectivity index (χ4v) is 3.84. The summed E-state index contributed by atoms with van der Waals surface area (Å²) in [6.07, 6.45) is 2.57. The van der Waals surface area contributed by atoms with Crippen molar-refractivity contribution in [2.45, 2.75) is 46.7 Å². The number of nitrogens with one attached hydrogen (secondary N) is 1. The summed E-state index contributed by atoms with van der Waals surface area (Å²) in [5.74, 6) is 0.795. The molecule has 0 unspecified atom stereocenters. The maximum Gasteiger partial charge on any atom is 0.255 e. The van der Waals surface area contributed by atoms with Crippen molar-refractivity contribution in [2.24, 2.45) is 5.92 Å². The molecule has 2 aromatic rings. The van der Waals surface area contributed by atoms with Crippen LogP contribution < -0.4 is 5.32 Å². The van der Waals surface area contributed by atoms with Gasteiger partial charge in [-0.3, -0.25) is 14.6 Å². The van der Waals surface area contributed by atoms with E-state index in [4.69, 9.17) is 0 Å². The van der Waals surface area contributed by atoms with Crippen LogP contribution in [0.3, 0.4) is 0 Å². The topological polar surface area (TPSA) is 35.6 Å². The summed E-state index contributed by atoms with van der Waals surface area (Å²) < 4.78 is 0. The highest BCUT2D eigenvalue weighted by Gasteiger charge is 2.16. The minimum Gasteiger partial charge on any atom is -0.322 e. The summed E-state index contributed by atoms with van der Waals surface area (Å²) in [6, 6.07) is 16.2. The number of anilines is 1. The Balaban J connectivity index is 1.52. The van der Waals surface area contributed by atoms with Gasteiger partial charge >= 0.3 is 0 Å². The minimum absolute atomic E-state index is 0.0557. The molecule has 0 radical (unpaired) electrons. The number of benzene rings is 2. The summed E-state index contributed by atoms with van der Waals surface area (Å²) in [5, 5.41) is 3.01. The number of nitrogens with zero attached hydrogens (tertiary/aromatic N) is 2. The molecule has 0 saturated carbocycles. The maximum atomic E-state index is 12.6. The quantitative estimate of drug-likeness (QED) is 0.684.